The Bertz CT molecular complexity index is 320. The van der Waals surface area contributed by atoms with E-state index >= 15 is 0 Å². The first-order valence-electron chi connectivity index (χ1n) is 8.84. The van der Waals surface area contributed by atoms with E-state index in [-0.39, 0.29) is 17.5 Å². The van der Waals surface area contributed by atoms with E-state index < -0.39 is 0 Å². The van der Waals surface area contributed by atoms with Crippen molar-refractivity contribution in [3.05, 3.63) is 0 Å². The normalized spacial score (nSPS) is 24.5. The third kappa shape index (κ3) is 5.26. The molecule has 2 N–H and O–H groups in total. The van der Waals surface area contributed by atoms with E-state index in [4.69, 9.17) is 0 Å². The molecule has 122 valence electrons. The molecule has 1 amide bonds. The molecule has 1 saturated carbocycles. The average molecular weight is 295 g/mol. The minimum atomic E-state index is 0.0488. The Morgan fingerprint density at radius 3 is 2.33 bits per heavy atom. The summed E-state index contributed by atoms with van der Waals surface area (Å²) in [7, 11) is 2.01. The summed E-state index contributed by atoms with van der Waals surface area (Å²) >= 11 is 0. The van der Waals surface area contributed by atoms with E-state index in [9.17, 15) is 4.79 Å². The van der Waals surface area contributed by atoms with Crippen molar-refractivity contribution in [2.24, 2.45) is 0 Å². The summed E-state index contributed by atoms with van der Waals surface area (Å²) in [5.74, 6) is 0.218. The molecule has 1 heterocycles. The van der Waals surface area contributed by atoms with Crippen LogP contribution in [0.15, 0.2) is 0 Å². The molecule has 1 saturated heterocycles. The summed E-state index contributed by atoms with van der Waals surface area (Å²) in [6.07, 6.45) is 10.7. The first-order chi connectivity index (χ1) is 10.1. The molecular formula is C17H33N3O. The highest BCUT2D eigenvalue weighted by molar-refractivity contribution is 5.77. The summed E-state index contributed by atoms with van der Waals surface area (Å²) in [5, 5.41) is 6.64. The zero-order valence-electron chi connectivity index (χ0n) is 13.9. The van der Waals surface area contributed by atoms with Crippen LogP contribution in [0.5, 0.6) is 0 Å². The van der Waals surface area contributed by atoms with Crippen molar-refractivity contribution in [3.63, 3.8) is 0 Å². The Kier molecular flexibility index (Phi) is 6.49. The number of nitrogens with zero attached hydrogens (tertiary/aromatic N) is 1. The van der Waals surface area contributed by atoms with E-state index in [0.717, 1.165) is 19.4 Å². The number of hydrogen-bond acceptors (Lipinski definition) is 3. The van der Waals surface area contributed by atoms with Crippen LogP contribution in [0.25, 0.3) is 0 Å². The smallest absolute Gasteiger partial charge is 0.222 e. The molecular weight excluding hydrogens is 262 g/mol. The van der Waals surface area contributed by atoms with Crippen LogP contribution in [-0.2, 0) is 4.79 Å². The van der Waals surface area contributed by atoms with Crippen LogP contribution in [0.2, 0.25) is 0 Å². The fraction of sp³-hybridized carbons (Fsp3) is 0.941. The number of piperidine rings is 1. The van der Waals surface area contributed by atoms with E-state index in [1.807, 2.05) is 7.05 Å². The third-order valence-corrected chi connectivity index (χ3v) is 5.23. The summed E-state index contributed by atoms with van der Waals surface area (Å²) in [6.45, 7) is 5.53. The third-order valence-electron chi connectivity index (χ3n) is 5.23. The van der Waals surface area contributed by atoms with Gasteiger partial charge in [0.1, 0.15) is 0 Å². The molecule has 2 rings (SSSR count). The Labute approximate surface area is 130 Å². The van der Waals surface area contributed by atoms with E-state index in [1.165, 1.54) is 51.6 Å². The van der Waals surface area contributed by atoms with Crippen LogP contribution in [0.3, 0.4) is 0 Å². The summed E-state index contributed by atoms with van der Waals surface area (Å²) in [6, 6.07) is 0.257. The van der Waals surface area contributed by atoms with Crippen molar-refractivity contribution in [2.45, 2.75) is 76.3 Å². The van der Waals surface area contributed by atoms with Crippen molar-refractivity contribution < 1.29 is 4.79 Å². The predicted octanol–water partition coefficient (Wildman–Crippen LogP) is 2.29. The van der Waals surface area contributed by atoms with Gasteiger partial charge in [-0.25, -0.2) is 0 Å². The van der Waals surface area contributed by atoms with Crippen LogP contribution >= 0.6 is 0 Å². The predicted molar refractivity (Wildman–Crippen MR) is 87.4 cm³/mol. The number of carbonyl (C=O) groups is 1. The molecule has 0 aromatic carbocycles. The topological polar surface area (TPSA) is 44.4 Å². The second kappa shape index (κ2) is 8.14. The first-order valence-corrected chi connectivity index (χ1v) is 8.84. The molecule has 4 nitrogen and oxygen atoms in total. The number of likely N-dealkylation sites (tertiary alicyclic amines) is 1. The largest absolute Gasteiger partial charge is 0.352 e. The van der Waals surface area contributed by atoms with Crippen molar-refractivity contribution in [1.82, 2.24) is 15.5 Å². The van der Waals surface area contributed by atoms with Gasteiger partial charge in [0.15, 0.2) is 0 Å². The maximum Gasteiger partial charge on any atom is 0.222 e. The average Bonchev–Trinajstić information content (AvgIpc) is 2.48. The van der Waals surface area contributed by atoms with Gasteiger partial charge in [0.05, 0.1) is 0 Å². The van der Waals surface area contributed by atoms with E-state index in [2.05, 4.69) is 22.5 Å². The molecule has 2 aliphatic rings. The van der Waals surface area contributed by atoms with Crippen LogP contribution in [0, 0.1) is 0 Å². The SMILES string of the molecule is CNC1(CC(=O)NC(C)CN2CCCCC2)CCCCC1. The Hall–Kier alpha value is -0.610. The minimum Gasteiger partial charge on any atom is -0.352 e. The van der Waals surface area contributed by atoms with Gasteiger partial charge in [-0.15, -0.1) is 0 Å². The summed E-state index contributed by atoms with van der Waals surface area (Å²) in [5.41, 5.74) is 0.0488. The Morgan fingerprint density at radius 2 is 1.71 bits per heavy atom. The maximum atomic E-state index is 12.4. The molecule has 1 unspecified atom stereocenters. The van der Waals surface area contributed by atoms with Gasteiger partial charge in [-0.05, 0) is 52.7 Å². The summed E-state index contributed by atoms with van der Waals surface area (Å²) in [4.78, 5) is 14.8. The molecule has 1 aliphatic carbocycles. The zero-order chi connectivity index (χ0) is 15.1. The fourth-order valence-corrected chi connectivity index (χ4v) is 3.95. The lowest BCUT2D eigenvalue weighted by molar-refractivity contribution is -0.123. The molecule has 0 aromatic rings. The van der Waals surface area contributed by atoms with Gasteiger partial charge < -0.3 is 15.5 Å². The van der Waals surface area contributed by atoms with Crippen molar-refractivity contribution in [3.8, 4) is 0 Å². The lowest BCUT2D eigenvalue weighted by atomic mass is 9.79. The van der Waals surface area contributed by atoms with Gasteiger partial charge in [0.2, 0.25) is 5.91 Å². The number of hydrogen-bond donors (Lipinski definition) is 2. The Morgan fingerprint density at radius 1 is 1.10 bits per heavy atom. The highest BCUT2D eigenvalue weighted by atomic mass is 16.1. The highest BCUT2D eigenvalue weighted by Gasteiger charge is 2.32. The molecule has 0 bridgehead atoms. The lowest BCUT2D eigenvalue weighted by Gasteiger charge is -2.37. The van der Waals surface area contributed by atoms with Gasteiger partial charge in [0, 0.05) is 24.5 Å². The van der Waals surface area contributed by atoms with E-state index in [0.29, 0.717) is 6.42 Å². The quantitative estimate of drug-likeness (QED) is 0.790. The molecule has 21 heavy (non-hydrogen) atoms. The lowest BCUT2D eigenvalue weighted by Crippen LogP contribution is -2.50. The van der Waals surface area contributed by atoms with Gasteiger partial charge in [0.25, 0.3) is 0 Å². The van der Waals surface area contributed by atoms with Crippen LogP contribution in [0.4, 0.5) is 0 Å². The molecule has 0 aromatic heterocycles. The minimum absolute atomic E-state index is 0.0488. The molecule has 2 fully saturated rings. The van der Waals surface area contributed by atoms with Gasteiger partial charge in [-0.1, -0.05) is 25.7 Å². The van der Waals surface area contributed by atoms with Crippen molar-refractivity contribution in [2.75, 3.05) is 26.7 Å². The summed E-state index contributed by atoms with van der Waals surface area (Å²) < 4.78 is 0. The number of nitrogens with one attached hydrogen (secondary N) is 2. The van der Waals surface area contributed by atoms with Crippen molar-refractivity contribution >= 4 is 5.91 Å². The Balaban J connectivity index is 1.74. The number of amides is 1. The van der Waals surface area contributed by atoms with Gasteiger partial charge in [-0.3, -0.25) is 4.79 Å². The van der Waals surface area contributed by atoms with Crippen LogP contribution in [0.1, 0.15) is 64.7 Å². The van der Waals surface area contributed by atoms with Gasteiger partial charge in [-0.2, -0.15) is 0 Å². The zero-order valence-corrected chi connectivity index (χ0v) is 13.9. The molecule has 0 spiro atoms. The monoisotopic (exact) mass is 295 g/mol. The molecule has 1 atom stereocenters. The van der Waals surface area contributed by atoms with Crippen LogP contribution in [-0.4, -0.2) is 49.1 Å². The first kappa shape index (κ1) is 16.8. The second-order valence-corrected chi connectivity index (χ2v) is 7.10. The maximum absolute atomic E-state index is 12.4. The standard InChI is InChI=1S/C17H33N3O/c1-15(14-20-11-7-4-8-12-20)19-16(21)13-17(18-2)9-5-3-6-10-17/h15,18H,3-14H2,1-2H3,(H,19,21). The molecule has 1 aliphatic heterocycles. The molecule has 0 radical (unpaired) electrons. The number of rotatable bonds is 6. The van der Waals surface area contributed by atoms with Crippen LogP contribution < -0.4 is 10.6 Å². The second-order valence-electron chi connectivity index (χ2n) is 7.10. The number of carbonyl (C=O) groups excluding carboxylic acids is 1. The fourth-order valence-electron chi connectivity index (χ4n) is 3.95. The molecule has 4 heteroatoms. The highest BCUT2D eigenvalue weighted by Crippen LogP contribution is 2.30. The van der Waals surface area contributed by atoms with Crippen molar-refractivity contribution in [1.29, 1.82) is 0 Å². The van der Waals surface area contributed by atoms with E-state index in [1.54, 1.807) is 0 Å². The van der Waals surface area contributed by atoms with Gasteiger partial charge >= 0.3 is 0 Å².